The molecule has 1 aliphatic carbocycles. The molecule has 5 nitrogen and oxygen atoms in total. The molecule has 1 aromatic carbocycles. The molecule has 0 bridgehead atoms. The number of benzene rings is 1. The number of anilines is 1. The first-order valence-electron chi connectivity index (χ1n) is 7.11. The molecule has 3 rings (SSSR count). The number of para-hydroxylation sites is 1. The zero-order chi connectivity index (χ0) is 14.9. The van der Waals surface area contributed by atoms with Crippen molar-refractivity contribution in [2.45, 2.75) is 19.3 Å². The van der Waals surface area contributed by atoms with Crippen LogP contribution in [0.15, 0.2) is 30.3 Å². The maximum absolute atomic E-state index is 11.4. The van der Waals surface area contributed by atoms with Crippen molar-refractivity contribution in [1.29, 1.82) is 0 Å². The minimum atomic E-state index is -0.984. The number of pyridine rings is 1. The second-order valence-electron chi connectivity index (χ2n) is 5.71. The fourth-order valence-electron chi connectivity index (χ4n) is 2.61. The minimum absolute atomic E-state index is 0.109. The van der Waals surface area contributed by atoms with Gasteiger partial charge in [0.1, 0.15) is 11.4 Å². The van der Waals surface area contributed by atoms with E-state index in [1.807, 2.05) is 24.3 Å². The Bertz CT molecular complexity index is 680. The molecule has 1 saturated carbocycles. The van der Waals surface area contributed by atoms with E-state index in [0.717, 1.165) is 30.2 Å². The largest absolute Gasteiger partial charge is 0.478 e. The average molecular weight is 286 g/mol. The second kappa shape index (κ2) is 5.33. The summed E-state index contributed by atoms with van der Waals surface area (Å²) in [5.41, 5.74) is 1.07. The molecule has 1 aromatic heterocycles. The van der Waals surface area contributed by atoms with E-state index < -0.39 is 5.97 Å². The summed E-state index contributed by atoms with van der Waals surface area (Å²) in [4.78, 5) is 15.8. The number of aromatic nitrogens is 1. The molecule has 1 heterocycles. The van der Waals surface area contributed by atoms with Gasteiger partial charge in [-0.1, -0.05) is 18.2 Å². The highest BCUT2D eigenvalue weighted by Crippen LogP contribution is 2.48. The van der Waals surface area contributed by atoms with E-state index in [9.17, 15) is 9.90 Å². The minimum Gasteiger partial charge on any atom is -0.478 e. The first kappa shape index (κ1) is 13.8. The molecule has 1 aliphatic rings. The van der Waals surface area contributed by atoms with Gasteiger partial charge in [0.15, 0.2) is 0 Å². The maximum atomic E-state index is 11.4. The van der Waals surface area contributed by atoms with Gasteiger partial charge >= 0.3 is 5.97 Å². The highest BCUT2D eigenvalue weighted by atomic mass is 16.4. The molecular formula is C16H18N2O3. The molecule has 21 heavy (non-hydrogen) atoms. The highest BCUT2D eigenvalue weighted by Gasteiger charge is 2.41. The van der Waals surface area contributed by atoms with Crippen LogP contribution in [0.2, 0.25) is 0 Å². The SMILES string of the molecule is O=C(O)c1cc2ccccc2nc1NCC1(CCO)CC1. The molecule has 0 aliphatic heterocycles. The number of rotatable bonds is 6. The van der Waals surface area contributed by atoms with Crippen molar-refractivity contribution in [3.63, 3.8) is 0 Å². The average Bonchev–Trinajstić information content (AvgIpc) is 3.24. The molecule has 1 fully saturated rings. The van der Waals surface area contributed by atoms with Crippen LogP contribution in [0.1, 0.15) is 29.6 Å². The molecule has 110 valence electrons. The van der Waals surface area contributed by atoms with Crippen molar-refractivity contribution < 1.29 is 15.0 Å². The standard InChI is InChI=1S/C16H18N2O3/c19-8-7-16(5-6-16)10-17-14-12(15(20)21)9-11-3-1-2-4-13(11)18-14/h1-4,9,19H,5-8,10H2,(H,17,18)(H,20,21). The molecule has 0 saturated heterocycles. The number of carbonyl (C=O) groups is 1. The molecule has 0 amide bonds. The van der Waals surface area contributed by atoms with E-state index in [1.165, 1.54) is 0 Å². The summed E-state index contributed by atoms with van der Waals surface area (Å²) >= 11 is 0. The van der Waals surface area contributed by atoms with Crippen molar-refractivity contribution >= 4 is 22.7 Å². The number of aliphatic hydroxyl groups is 1. The molecular weight excluding hydrogens is 268 g/mol. The Balaban J connectivity index is 1.89. The number of aromatic carboxylic acids is 1. The highest BCUT2D eigenvalue weighted by molar-refractivity contribution is 5.98. The van der Waals surface area contributed by atoms with Gasteiger partial charge in [-0.2, -0.15) is 0 Å². The van der Waals surface area contributed by atoms with Crippen LogP contribution in [0.4, 0.5) is 5.82 Å². The molecule has 2 aromatic rings. The smallest absolute Gasteiger partial charge is 0.339 e. The van der Waals surface area contributed by atoms with Crippen LogP contribution in [0.25, 0.3) is 10.9 Å². The van der Waals surface area contributed by atoms with Crippen LogP contribution >= 0.6 is 0 Å². The van der Waals surface area contributed by atoms with Gasteiger partial charge in [-0.25, -0.2) is 9.78 Å². The van der Waals surface area contributed by atoms with Gasteiger partial charge in [-0.15, -0.1) is 0 Å². The first-order chi connectivity index (χ1) is 10.1. The molecule has 0 atom stereocenters. The number of nitrogens with zero attached hydrogens (tertiary/aromatic N) is 1. The van der Waals surface area contributed by atoms with E-state index in [0.29, 0.717) is 12.4 Å². The zero-order valence-corrected chi connectivity index (χ0v) is 11.7. The summed E-state index contributed by atoms with van der Waals surface area (Å²) in [5, 5.41) is 22.4. The van der Waals surface area contributed by atoms with Crippen molar-refractivity contribution in [1.82, 2.24) is 4.98 Å². The second-order valence-corrected chi connectivity index (χ2v) is 5.71. The Labute approximate surface area is 122 Å². The van der Waals surface area contributed by atoms with Gasteiger partial charge in [-0.05, 0) is 36.8 Å². The van der Waals surface area contributed by atoms with E-state index in [4.69, 9.17) is 5.11 Å². The van der Waals surface area contributed by atoms with Gasteiger partial charge in [0, 0.05) is 18.5 Å². The monoisotopic (exact) mass is 286 g/mol. The van der Waals surface area contributed by atoms with Crippen molar-refractivity contribution in [2.24, 2.45) is 5.41 Å². The number of carboxylic acid groups (broad SMARTS) is 1. The molecule has 3 N–H and O–H groups in total. The Morgan fingerprint density at radius 1 is 1.33 bits per heavy atom. The normalized spacial score (nSPS) is 15.9. The van der Waals surface area contributed by atoms with Gasteiger partial charge in [0.05, 0.1) is 5.52 Å². The third-order valence-electron chi connectivity index (χ3n) is 4.18. The fraction of sp³-hybridized carbons (Fsp3) is 0.375. The number of aliphatic hydroxyl groups excluding tert-OH is 1. The lowest BCUT2D eigenvalue weighted by molar-refractivity contribution is 0.0697. The summed E-state index contributed by atoms with van der Waals surface area (Å²) < 4.78 is 0. The summed E-state index contributed by atoms with van der Waals surface area (Å²) in [6.07, 6.45) is 2.88. The van der Waals surface area contributed by atoms with Crippen LogP contribution in [0.3, 0.4) is 0 Å². The Hall–Kier alpha value is -2.14. The van der Waals surface area contributed by atoms with Crippen molar-refractivity contribution in [3.05, 3.63) is 35.9 Å². The van der Waals surface area contributed by atoms with Crippen LogP contribution in [0.5, 0.6) is 0 Å². The molecule has 0 spiro atoms. The summed E-state index contributed by atoms with van der Waals surface area (Å²) in [5.74, 6) is -0.576. The topological polar surface area (TPSA) is 82.5 Å². The maximum Gasteiger partial charge on any atom is 0.339 e. The van der Waals surface area contributed by atoms with E-state index in [1.54, 1.807) is 6.07 Å². The summed E-state index contributed by atoms with van der Waals surface area (Å²) in [7, 11) is 0. The van der Waals surface area contributed by atoms with Crippen LogP contribution < -0.4 is 5.32 Å². The number of carboxylic acids is 1. The predicted molar refractivity (Wildman–Crippen MR) is 80.6 cm³/mol. The lowest BCUT2D eigenvalue weighted by Crippen LogP contribution is -2.19. The lowest BCUT2D eigenvalue weighted by atomic mass is 10.0. The van der Waals surface area contributed by atoms with E-state index in [-0.39, 0.29) is 17.6 Å². The number of hydrogen-bond acceptors (Lipinski definition) is 4. The van der Waals surface area contributed by atoms with Crippen molar-refractivity contribution in [3.8, 4) is 0 Å². The van der Waals surface area contributed by atoms with Crippen LogP contribution in [-0.4, -0.2) is 34.3 Å². The molecule has 0 radical (unpaired) electrons. The number of fused-ring (bicyclic) bond motifs is 1. The Morgan fingerprint density at radius 2 is 2.10 bits per heavy atom. The quantitative estimate of drug-likeness (QED) is 0.760. The Kier molecular flexibility index (Phi) is 3.51. The predicted octanol–water partition coefficient (Wildman–Crippen LogP) is 2.51. The molecule has 5 heteroatoms. The lowest BCUT2D eigenvalue weighted by Gasteiger charge is -2.16. The van der Waals surface area contributed by atoms with Gasteiger partial charge in [0.25, 0.3) is 0 Å². The third-order valence-corrected chi connectivity index (χ3v) is 4.18. The number of nitrogens with one attached hydrogen (secondary N) is 1. The van der Waals surface area contributed by atoms with Crippen molar-refractivity contribution in [2.75, 3.05) is 18.5 Å². The third kappa shape index (κ3) is 2.83. The van der Waals surface area contributed by atoms with E-state index >= 15 is 0 Å². The summed E-state index contributed by atoms with van der Waals surface area (Å²) in [6.45, 7) is 0.817. The van der Waals surface area contributed by atoms with E-state index in [2.05, 4.69) is 10.3 Å². The Morgan fingerprint density at radius 3 is 2.76 bits per heavy atom. The molecule has 0 unspecified atom stereocenters. The fourth-order valence-corrected chi connectivity index (χ4v) is 2.61. The summed E-state index contributed by atoms with van der Waals surface area (Å²) in [6, 6.07) is 9.12. The van der Waals surface area contributed by atoms with Crippen LogP contribution in [0, 0.1) is 5.41 Å². The van der Waals surface area contributed by atoms with Crippen LogP contribution in [-0.2, 0) is 0 Å². The van der Waals surface area contributed by atoms with Gasteiger partial charge < -0.3 is 15.5 Å². The van der Waals surface area contributed by atoms with Gasteiger partial charge in [0.2, 0.25) is 0 Å². The number of hydrogen-bond donors (Lipinski definition) is 3. The van der Waals surface area contributed by atoms with Gasteiger partial charge in [-0.3, -0.25) is 0 Å². The zero-order valence-electron chi connectivity index (χ0n) is 11.7. The first-order valence-corrected chi connectivity index (χ1v) is 7.11.